The third-order valence-corrected chi connectivity index (χ3v) is 4.12. The van der Waals surface area contributed by atoms with Crippen molar-refractivity contribution < 1.29 is 9.53 Å². The molecular formula is C15H19BrClNO2. The van der Waals surface area contributed by atoms with Crippen LogP contribution < -0.4 is 0 Å². The third-order valence-electron chi connectivity index (χ3n) is 3.35. The first-order chi connectivity index (χ1) is 9.19. The van der Waals surface area contributed by atoms with Crippen LogP contribution in [0, 0.1) is 0 Å². The highest BCUT2D eigenvalue weighted by molar-refractivity contribution is 9.10. The number of nitrogens with zero attached hydrogens (tertiary/aromatic N) is 1. The van der Waals surface area contributed by atoms with Crippen LogP contribution in [-0.4, -0.2) is 23.6 Å². The fourth-order valence-corrected chi connectivity index (χ4v) is 3.50. The summed E-state index contributed by atoms with van der Waals surface area (Å²) in [6, 6.07) is 3.94. The lowest BCUT2D eigenvalue weighted by Gasteiger charge is -2.29. The van der Waals surface area contributed by atoms with Crippen LogP contribution >= 0.6 is 27.5 Å². The van der Waals surface area contributed by atoms with Gasteiger partial charge < -0.3 is 9.64 Å². The molecule has 1 aliphatic carbocycles. The highest BCUT2D eigenvalue weighted by Gasteiger charge is 2.33. The van der Waals surface area contributed by atoms with Crippen LogP contribution in [0.2, 0.25) is 5.02 Å². The summed E-state index contributed by atoms with van der Waals surface area (Å²) in [4.78, 5) is 13.8. The molecule has 0 aromatic heterocycles. The monoisotopic (exact) mass is 359 g/mol. The number of carbonyl (C=O) groups excluding carboxylic acids is 1. The van der Waals surface area contributed by atoms with Crippen molar-refractivity contribution in [2.24, 2.45) is 0 Å². The second kappa shape index (κ2) is 5.57. The Balaban J connectivity index is 2.24. The number of amides is 1. The Bertz CT molecular complexity index is 539. The summed E-state index contributed by atoms with van der Waals surface area (Å²) in [5.41, 5.74) is 1.75. The molecule has 1 aromatic rings. The van der Waals surface area contributed by atoms with Gasteiger partial charge in [-0.1, -0.05) is 27.5 Å². The molecular weight excluding hydrogens is 342 g/mol. The minimum absolute atomic E-state index is 0.0135. The van der Waals surface area contributed by atoms with E-state index in [1.165, 1.54) is 5.56 Å². The summed E-state index contributed by atoms with van der Waals surface area (Å²) < 4.78 is 6.40. The number of carbonyl (C=O) groups is 1. The molecule has 0 saturated carbocycles. The van der Waals surface area contributed by atoms with Crippen LogP contribution in [0.1, 0.15) is 44.4 Å². The van der Waals surface area contributed by atoms with Crippen molar-refractivity contribution in [1.82, 2.24) is 4.90 Å². The van der Waals surface area contributed by atoms with Gasteiger partial charge in [-0.2, -0.15) is 0 Å². The zero-order valence-electron chi connectivity index (χ0n) is 12.2. The van der Waals surface area contributed by atoms with E-state index in [9.17, 15) is 4.79 Å². The fourth-order valence-electron chi connectivity index (χ4n) is 2.50. The predicted molar refractivity (Wildman–Crippen MR) is 84.2 cm³/mol. The van der Waals surface area contributed by atoms with Gasteiger partial charge in [0.2, 0.25) is 0 Å². The fraction of sp³-hybridized carbons (Fsp3) is 0.533. The molecule has 3 nitrogen and oxygen atoms in total. The van der Waals surface area contributed by atoms with E-state index >= 15 is 0 Å². The van der Waals surface area contributed by atoms with Gasteiger partial charge >= 0.3 is 6.09 Å². The maximum atomic E-state index is 12.2. The van der Waals surface area contributed by atoms with Crippen molar-refractivity contribution in [2.45, 2.75) is 45.3 Å². The maximum Gasteiger partial charge on any atom is 0.410 e. The second-order valence-corrected chi connectivity index (χ2v) is 7.43. The minimum Gasteiger partial charge on any atom is -0.444 e. The second-order valence-electron chi connectivity index (χ2n) is 6.11. The minimum atomic E-state index is -0.490. The summed E-state index contributed by atoms with van der Waals surface area (Å²) in [5.74, 6) is 0. The van der Waals surface area contributed by atoms with Gasteiger partial charge in [0.15, 0.2) is 0 Å². The van der Waals surface area contributed by atoms with E-state index in [-0.39, 0.29) is 12.1 Å². The van der Waals surface area contributed by atoms with Gasteiger partial charge in [0.05, 0.1) is 6.04 Å². The van der Waals surface area contributed by atoms with Crippen LogP contribution in [-0.2, 0) is 11.2 Å². The molecule has 0 aliphatic heterocycles. The number of benzene rings is 1. The van der Waals surface area contributed by atoms with Crippen molar-refractivity contribution in [3.05, 3.63) is 32.8 Å². The molecule has 5 heteroatoms. The molecule has 110 valence electrons. The molecule has 2 rings (SSSR count). The van der Waals surface area contributed by atoms with E-state index in [1.54, 1.807) is 11.9 Å². The van der Waals surface area contributed by atoms with Crippen molar-refractivity contribution in [3.63, 3.8) is 0 Å². The highest BCUT2D eigenvalue weighted by atomic mass is 79.9. The molecule has 1 amide bonds. The number of rotatable bonds is 1. The number of halogens is 2. The van der Waals surface area contributed by atoms with Gasteiger partial charge in [-0.05, 0) is 56.9 Å². The molecule has 0 radical (unpaired) electrons. The Morgan fingerprint density at radius 2 is 2.10 bits per heavy atom. The molecule has 1 atom stereocenters. The Labute approximate surface area is 133 Å². The van der Waals surface area contributed by atoms with E-state index in [1.807, 2.05) is 26.8 Å². The number of ether oxygens (including phenoxy) is 1. The van der Waals surface area contributed by atoms with Crippen molar-refractivity contribution >= 4 is 33.6 Å². The number of fused-ring (bicyclic) bond motifs is 1. The zero-order valence-corrected chi connectivity index (χ0v) is 14.5. The lowest BCUT2D eigenvalue weighted by molar-refractivity contribution is 0.0220. The molecule has 0 spiro atoms. The Morgan fingerprint density at radius 1 is 1.45 bits per heavy atom. The van der Waals surface area contributed by atoms with Crippen LogP contribution in [0.3, 0.4) is 0 Å². The van der Waals surface area contributed by atoms with E-state index in [2.05, 4.69) is 22.0 Å². The number of hydrogen-bond donors (Lipinski definition) is 0. The summed E-state index contributed by atoms with van der Waals surface area (Å²) in [7, 11) is 1.77. The molecule has 0 heterocycles. The largest absolute Gasteiger partial charge is 0.444 e. The van der Waals surface area contributed by atoms with Gasteiger partial charge in [0.25, 0.3) is 0 Å². The number of aryl methyl sites for hydroxylation is 1. The smallest absolute Gasteiger partial charge is 0.410 e. The van der Waals surface area contributed by atoms with Gasteiger partial charge in [-0.25, -0.2) is 4.79 Å². The highest BCUT2D eigenvalue weighted by Crippen LogP contribution is 2.41. The summed E-state index contributed by atoms with van der Waals surface area (Å²) in [5, 5.41) is 0.701. The van der Waals surface area contributed by atoms with E-state index in [0.717, 1.165) is 22.9 Å². The van der Waals surface area contributed by atoms with Crippen LogP contribution in [0.25, 0.3) is 0 Å². The molecule has 0 N–H and O–H groups in total. The van der Waals surface area contributed by atoms with Gasteiger partial charge in [0, 0.05) is 16.5 Å². The molecule has 0 bridgehead atoms. The Hall–Kier alpha value is -0.740. The van der Waals surface area contributed by atoms with Crippen LogP contribution in [0.4, 0.5) is 4.79 Å². The van der Waals surface area contributed by atoms with Crippen molar-refractivity contribution in [3.8, 4) is 0 Å². The predicted octanol–water partition coefficient (Wildman–Crippen LogP) is 4.96. The third kappa shape index (κ3) is 3.29. The quantitative estimate of drug-likeness (QED) is 0.708. The summed E-state index contributed by atoms with van der Waals surface area (Å²) in [6.45, 7) is 5.60. The molecule has 1 aromatic carbocycles. The lowest BCUT2D eigenvalue weighted by atomic mass is 10.1. The maximum absolute atomic E-state index is 12.2. The zero-order chi connectivity index (χ0) is 15.1. The van der Waals surface area contributed by atoms with E-state index in [4.69, 9.17) is 16.3 Å². The average Bonchev–Trinajstić information content (AvgIpc) is 2.69. The average molecular weight is 361 g/mol. The van der Waals surface area contributed by atoms with Gasteiger partial charge in [0.1, 0.15) is 5.60 Å². The van der Waals surface area contributed by atoms with Gasteiger partial charge in [-0.3, -0.25) is 0 Å². The molecule has 1 aliphatic rings. The molecule has 0 fully saturated rings. The summed E-state index contributed by atoms with van der Waals surface area (Å²) in [6.07, 6.45) is 1.49. The van der Waals surface area contributed by atoms with Gasteiger partial charge in [-0.15, -0.1) is 0 Å². The first kappa shape index (κ1) is 15.6. The SMILES string of the molecule is CN(C(=O)OC(C)(C)C)C1CCc2cc(Br)cc(Cl)c21. The van der Waals surface area contributed by atoms with Crippen molar-refractivity contribution in [1.29, 1.82) is 0 Å². The summed E-state index contributed by atoms with van der Waals surface area (Å²) >= 11 is 9.79. The normalized spacial score (nSPS) is 17.8. The van der Waals surface area contributed by atoms with Crippen LogP contribution in [0.15, 0.2) is 16.6 Å². The van der Waals surface area contributed by atoms with Crippen molar-refractivity contribution in [2.75, 3.05) is 7.05 Å². The van der Waals surface area contributed by atoms with E-state index in [0.29, 0.717) is 5.02 Å². The molecule has 20 heavy (non-hydrogen) atoms. The lowest BCUT2D eigenvalue weighted by Crippen LogP contribution is -2.36. The van der Waals surface area contributed by atoms with Crippen LogP contribution in [0.5, 0.6) is 0 Å². The molecule has 1 unspecified atom stereocenters. The first-order valence-corrected chi connectivity index (χ1v) is 7.80. The topological polar surface area (TPSA) is 29.5 Å². The Kier molecular flexibility index (Phi) is 4.35. The van der Waals surface area contributed by atoms with E-state index < -0.39 is 5.60 Å². The number of hydrogen-bond acceptors (Lipinski definition) is 2. The standard InChI is InChI=1S/C15H19BrClNO2/c1-15(2,3)20-14(19)18(4)12-6-5-9-7-10(16)8-11(17)13(9)12/h7-8,12H,5-6H2,1-4H3. The Morgan fingerprint density at radius 3 is 2.70 bits per heavy atom. The molecule has 0 saturated heterocycles. The first-order valence-electron chi connectivity index (χ1n) is 6.62.